The molecule has 2 amide bonds. The number of amides is 2. The van der Waals surface area contributed by atoms with Crippen LogP contribution in [-0.4, -0.2) is 40.4 Å². The van der Waals surface area contributed by atoms with Crippen LogP contribution in [0.25, 0.3) is 0 Å². The van der Waals surface area contributed by atoms with E-state index in [1.54, 1.807) is 6.07 Å². The first kappa shape index (κ1) is 23.9. The number of nitrogens with two attached hydrogens (primary N) is 1. The summed E-state index contributed by atoms with van der Waals surface area (Å²) in [4.78, 5) is 11.0. The molecule has 6 N–H and O–H groups in total. The monoisotopic (exact) mass is 440 g/mol. The van der Waals surface area contributed by atoms with Gasteiger partial charge < -0.3 is 21.3 Å². The number of phenols is 2. The molecule has 0 radical (unpaired) electrons. The second-order valence-electron chi connectivity index (χ2n) is 8.57. The van der Waals surface area contributed by atoms with Crippen LogP contribution in [0, 0.1) is 0 Å². The molecule has 0 spiro atoms. The molecule has 2 aromatic rings. The van der Waals surface area contributed by atoms with Gasteiger partial charge in [-0.3, -0.25) is 5.43 Å². The van der Waals surface area contributed by atoms with Gasteiger partial charge >= 0.3 is 6.03 Å². The molecule has 0 bridgehead atoms. The summed E-state index contributed by atoms with van der Waals surface area (Å²) < 4.78 is 0. The number of aromatic hydroxyl groups is 2. The highest BCUT2D eigenvalue weighted by Crippen LogP contribution is 2.36. The van der Waals surface area contributed by atoms with E-state index in [2.05, 4.69) is 22.7 Å². The highest BCUT2D eigenvalue weighted by Gasteiger charge is 2.26. The first-order chi connectivity index (χ1) is 15.5. The van der Waals surface area contributed by atoms with E-state index in [1.807, 2.05) is 30.3 Å². The van der Waals surface area contributed by atoms with Crippen molar-refractivity contribution in [3.63, 3.8) is 0 Å². The number of urea groups is 1. The van der Waals surface area contributed by atoms with Crippen molar-refractivity contribution in [3.8, 4) is 11.5 Å². The maximum atomic E-state index is 11.0. The predicted octanol–water partition coefficient (Wildman–Crippen LogP) is 4.08. The van der Waals surface area contributed by atoms with Crippen molar-refractivity contribution in [1.82, 2.24) is 10.4 Å². The molecule has 1 atom stereocenters. The zero-order valence-corrected chi connectivity index (χ0v) is 18.9. The van der Waals surface area contributed by atoms with Gasteiger partial charge in [-0.05, 0) is 61.4 Å². The first-order valence-electron chi connectivity index (χ1n) is 11.7. The summed E-state index contributed by atoms with van der Waals surface area (Å²) in [6.45, 7) is 4.03. The molecule has 3 rings (SSSR count). The van der Waals surface area contributed by atoms with Gasteiger partial charge in [0.2, 0.25) is 0 Å². The number of rotatable bonds is 11. The van der Waals surface area contributed by atoms with Gasteiger partial charge in [0.15, 0.2) is 11.5 Å². The minimum absolute atomic E-state index is 0.0335. The minimum Gasteiger partial charge on any atom is -0.504 e. The average Bonchev–Trinajstić information content (AvgIpc) is 2.78. The molecule has 1 aliphatic carbocycles. The van der Waals surface area contributed by atoms with Crippen LogP contribution in [0.3, 0.4) is 0 Å². The standard InChI is InChI=1S/C25H36N4O3/c1-2-3-4-5-16-29(21-11-12-22-19(17-21)8-13-23(30)24(22)31)27-15-14-18-6-9-20(10-7-18)28-25(26)32/h6-10,13,21,27,30-31H,2-5,11-12,14-17H2,1H3,(H3,26,28,32). The largest absolute Gasteiger partial charge is 0.504 e. The fraction of sp³-hybridized carbons (Fsp3) is 0.480. The normalized spacial score (nSPS) is 15.5. The smallest absolute Gasteiger partial charge is 0.316 e. The van der Waals surface area contributed by atoms with Crippen molar-refractivity contribution < 1.29 is 15.0 Å². The third-order valence-electron chi connectivity index (χ3n) is 6.18. The minimum atomic E-state index is -0.560. The number of hydrogen-bond donors (Lipinski definition) is 5. The molecule has 174 valence electrons. The third kappa shape index (κ3) is 6.61. The molecular weight excluding hydrogens is 404 g/mol. The van der Waals surface area contributed by atoms with Gasteiger partial charge in [0.25, 0.3) is 0 Å². The highest BCUT2D eigenvalue weighted by atomic mass is 16.3. The zero-order chi connectivity index (χ0) is 22.9. The molecule has 1 unspecified atom stereocenters. The molecule has 1 aliphatic rings. The second kappa shape index (κ2) is 11.7. The molecule has 7 heteroatoms. The number of hydrogen-bond acceptors (Lipinski definition) is 5. The van der Waals surface area contributed by atoms with Crippen LogP contribution in [-0.2, 0) is 19.3 Å². The van der Waals surface area contributed by atoms with E-state index in [0.717, 1.165) is 56.3 Å². The van der Waals surface area contributed by atoms with E-state index in [9.17, 15) is 15.0 Å². The third-order valence-corrected chi connectivity index (χ3v) is 6.18. The Morgan fingerprint density at radius 3 is 2.62 bits per heavy atom. The van der Waals surface area contributed by atoms with Crippen molar-refractivity contribution in [2.24, 2.45) is 5.73 Å². The SMILES string of the molecule is CCCCCCN(NCCc1ccc(NC(N)=O)cc1)C1CCc2c(ccc(O)c2O)C1. The van der Waals surface area contributed by atoms with Gasteiger partial charge in [0, 0.05) is 30.4 Å². The van der Waals surface area contributed by atoms with E-state index in [0.29, 0.717) is 11.7 Å². The Bertz CT molecular complexity index is 886. The van der Waals surface area contributed by atoms with Crippen LogP contribution in [0.5, 0.6) is 11.5 Å². The Morgan fingerprint density at radius 2 is 1.91 bits per heavy atom. The van der Waals surface area contributed by atoms with Crippen LogP contribution in [0.4, 0.5) is 10.5 Å². The molecule has 2 aromatic carbocycles. The van der Waals surface area contributed by atoms with Crippen LogP contribution >= 0.6 is 0 Å². The number of unbranched alkanes of at least 4 members (excludes halogenated alkanes) is 3. The van der Waals surface area contributed by atoms with Crippen LogP contribution in [0.1, 0.15) is 55.7 Å². The second-order valence-corrected chi connectivity index (χ2v) is 8.57. The predicted molar refractivity (Wildman–Crippen MR) is 128 cm³/mol. The van der Waals surface area contributed by atoms with E-state index in [-0.39, 0.29) is 11.5 Å². The molecule has 0 saturated heterocycles. The van der Waals surface area contributed by atoms with Crippen LogP contribution < -0.4 is 16.5 Å². The number of anilines is 1. The van der Waals surface area contributed by atoms with Crippen molar-refractivity contribution in [3.05, 3.63) is 53.1 Å². The Balaban J connectivity index is 1.58. The highest BCUT2D eigenvalue weighted by molar-refractivity contribution is 5.87. The van der Waals surface area contributed by atoms with E-state index in [1.165, 1.54) is 24.8 Å². The fourth-order valence-corrected chi connectivity index (χ4v) is 4.41. The van der Waals surface area contributed by atoms with Crippen LogP contribution in [0.2, 0.25) is 0 Å². The lowest BCUT2D eigenvalue weighted by molar-refractivity contribution is 0.109. The van der Waals surface area contributed by atoms with E-state index in [4.69, 9.17) is 5.73 Å². The van der Waals surface area contributed by atoms with Gasteiger partial charge in [0.1, 0.15) is 0 Å². The van der Waals surface area contributed by atoms with Crippen molar-refractivity contribution in [2.45, 2.75) is 64.3 Å². The average molecular weight is 441 g/mol. The number of nitrogens with zero attached hydrogens (tertiary/aromatic N) is 1. The molecule has 0 aromatic heterocycles. The molecule has 0 fully saturated rings. The summed E-state index contributed by atoms with van der Waals surface area (Å²) in [6.07, 6.45) is 8.28. The molecule has 0 heterocycles. The van der Waals surface area contributed by atoms with Gasteiger partial charge in [-0.1, -0.05) is 44.4 Å². The molecule has 0 saturated carbocycles. The molecule has 0 aliphatic heterocycles. The number of carbonyl (C=O) groups is 1. The maximum Gasteiger partial charge on any atom is 0.316 e. The van der Waals surface area contributed by atoms with E-state index >= 15 is 0 Å². The summed E-state index contributed by atoms with van der Waals surface area (Å²) in [7, 11) is 0. The summed E-state index contributed by atoms with van der Waals surface area (Å²) in [5.41, 5.74) is 12.7. The van der Waals surface area contributed by atoms with E-state index < -0.39 is 6.03 Å². The topological polar surface area (TPSA) is 111 Å². The Hall–Kier alpha value is -2.77. The lowest BCUT2D eigenvalue weighted by Gasteiger charge is -2.36. The summed E-state index contributed by atoms with van der Waals surface area (Å²) in [5.74, 6) is 0.00599. The number of hydrazine groups is 1. The van der Waals surface area contributed by atoms with Gasteiger partial charge in [-0.2, -0.15) is 0 Å². The number of nitrogens with one attached hydrogen (secondary N) is 2. The number of fused-ring (bicyclic) bond motifs is 1. The number of benzene rings is 2. The van der Waals surface area contributed by atoms with Crippen molar-refractivity contribution in [1.29, 1.82) is 0 Å². The Kier molecular flexibility index (Phi) is 8.76. The lowest BCUT2D eigenvalue weighted by atomic mass is 9.87. The number of carbonyl (C=O) groups excluding carboxylic acids is 1. The summed E-state index contributed by atoms with van der Waals surface area (Å²) in [6, 6.07) is 11.1. The maximum absolute atomic E-state index is 11.0. The first-order valence-corrected chi connectivity index (χ1v) is 11.7. The Labute approximate surface area is 190 Å². The summed E-state index contributed by atoms with van der Waals surface area (Å²) in [5, 5.41) is 25.0. The zero-order valence-electron chi connectivity index (χ0n) is 18.9. The molecule has 7 nitrogen and oxygen atoms in total. The lowest BCUT2D eigenvalue weighted by Crippen LogP contribution is -2.49. The molecular formula is C25H36N4O3. The van der Waals surface area contributed by atoms with Gasteiger partial charge in [0.05, 0.1) is 0 Å². The Morgan fingerprint density at radius 1 is 1.12 bits per heavy atom. The molecule has 32 heavy (non-hydrogen) atoms. The fourth-order valence-electron chi connectivity index (χ4n) is 4.41. The number of primary amides is 1. The number of phenolic OH excluding ortho intramolecular Hbond substituents is 2. The summed E-state index contributed by atoms with van der Waals surface area (Å²) >= 11 is 0. The quantitative estimate of drug-likeness (QED) is 0.205. The van der Waals surface area contributed by atoms with Gasteiger partial charge in [-0.25, -0.2) is 9.80 Å². The van der Waals surface area contributed by atoms with Crippen LogP contribution in [0.15, 0.2) is 36.4 Å². The van der Waals surface area contributed by atoms with Gasteiger partial charge in [-0.15, -0.1) is 0 Å². The van der Waals surface area contributed by atoms with Crippen molar-refractivity contribution in [2.75, 3.05) is 18.4 Å². The van der Waals surface area contributed by atoms with Crippen molar-refractivity contribution >= 4 is 11.7 Å².